The third-order valence-electron chi connectivity index (χ3n) is 4.67. The second kappa shape index (κ2) is 6.76. The van der Waals surface area contributed by atoms with E-state index in [9.17, 15) is 9.59 Å². The molecule has 0 bridgehead atoms. The van der Waals surface area contributed by atoms with E-state index in [0.29, 0.717) is 30.5 Å². The molecule has 0 unspecified atom stereocenters. The standard InChI is InChI=1S/C18H18N4O2S/c23-16(11-14-3-2-10-25-14)21-8-5-13(6-9-21)22-12-20-17-15(18(22)24)4-1-7-19-17/h1-4,7,10,12-13H,5-6,8-9,11H2. The number of likely N-dealkylation sites (tertiary alicyclic amines) is 1. The van der Waals surface area contributed by atoms with Gasteiger partial charge in [-0.3, -0.25) is 14.2 Å². The average Bonchev–Trinajstić information content (AvgIpc) is 3.15. The fourth-order valence-electron chi connectivity index (χ4n) is 3.30. The number of amides is 1. The van der Waals surface area contributed by atoms with Gasteiger partial charge in [-0.25, -0.2) is 9.97 Å². The molecule has 0 radical (unpaired) electrons. The Bertz CT molecular complexity index is 943. The van der Waals surface area contributed by atoms with Crippen LogP contribution in [0.3, 0.4) is 0 Å². The molecule has 1 aliphatic heterocycles. The molecule has 128 valence electrons. The summed E-state index contributed by atoms with van der Waals surface area (Å²) in [6.45, 7) is 1.35. The molecule has 1 fully saturated rings. The fraction of sp³-hybridized carbons (Fsp3) is 0.333. The van der Waals surface area contributed by atoms with E-state index in [1.807, 2.05) is 22.4 Å². The maximum atomic E-state index is 12.7. The van der Waals surface area contributed by atoms with Gasteiger partial charge in [0.1, 0.15) is 6.33 Å². The molecule has 0 aliphatic carbocycles. The van der Waals surface area contributed by atoms with Crippen molar-refractivity contribution in [2.24, 2.45) is 0 Å². The van der Waals surface area contributed by atoms with Crippen molar-refractivity contribution in [3.63, 3.8) is 0 Å². The third kappa shape index (κ3) is 3.19. The quantitative estimate of drug-likeness (QED) is 0.723. The van der Waals surface area contributed by atoms with Gasteiger partial charge in [-0.05, 0) is 36.4 Å². The second-order valence-corrected chi connectivity index (χ2v) is 7.23. The van der Waals surface area contributed by atoms with E-state index in [0.717, 1.165) is 17.7 Å². The maximum absolute atomic E-state index is 12.7. The molecule has 1 amide bonds. The molecule has 0 spiro atoms. The minimum atomic E-state index is -0.0542. The van der Waals surface area contributed by atoms with Crippen molar-refractivity contribution >= 4 is 28.3 Å². The summed E-state index contributed by atoms with van der Waals surface area (Å²) < 4.78 is 1.70. The summed E-state index contributed by atoms with van der Waals surface area (Å²) >= 11 is 1.61. The highest BCUT2D eigenvalue weighted by atomic mass is 32.1. The Morgan fingerprint density at radius 2 is 2.04 bits per heavy atom. The molecule has 0 saturated carbocycles. The molecule has 3 aromatic rings. The van der Waals surface area contributed by atoms with Crippen molar-refractivity contribution in [3.05, 3.63) is 57.4 Å². The van der Waals surface area contributed by atoms with Gasteiger partial charge in [-0.1, -0.05) is 6.07 Å². The molecule has 0 N–H and O–H groups in total. The largest absolute Gasteiger partial charge is 0.342 e. The molecule has 3 aromatic heterocycles. The van der Waals surface area contributed by atoms with Gasteiger partial charge in [0.15, 0.2) is 5.65 Å². The molecule has 7 heteroatoms. The van der Waals surface area contributed by atoms with Crippen LogP contribution in [-0.4, -0.2) is 38.4 Å². The molecule has 0 atom stereocenters. The van der Waals surface area contributed by atoms with Crippen LogP contribution in [0.15, 0.2) is 47.0 Å². The summed E-state index contributed by atoms with van der Waals surface area (Å²) in [4.78, 5) is 36.5. The smallest absolute Gasteiger partial charge is 0.263 e. The monoisotopic (exact) mass is 354 g/mol. The minimum Gasteiger partial charge on any atom is -0.342 e. The molecule has 4 heterocycles. The van der Waals surface area contributed by atoms with Crippen molar-refractivity contribution in [3.8, 4) is 0 Å². The predicted octanol–water partition coefficient (Wildman–Crippen LogP) is 2.26. The lowest BCUT2D eigenvalue weighted by Gasteiger charge is -2.32. The van der Waals surface area contributed by atoms with Crippen LogP contribution in [0.4, 0.5) is 0 Å². The van der Waals surface area contributed by atoms with Crippen LogP contribution < -0.4 is 5.56 Å². The van der Waals surface area contributed by atoms with E-state index in [2.05, 4.69) is 9.97 Å². The summed E-state index contributed by atoms with van der Waals surface area (Å²) in [5.74, 6) is 0.161. The van der Waals surface area contributed by atoms with Crippen molar-refractivity contribution < 1.29 is 4.79 Å². The molecule has 0 aromatic carbocycles. The Hall–Kier alpha value is -2.54. The maximum Gasteiger partial charge on any atom is 0.263 e. The minimum absolute atomic E-state index is 0.0542. The number of fused-ring (bicyclic) bond motifs is 1. The summed E-state index contributed by atoms with van der Waals surface area (Å²) in [5.41, 5.74) is 0.425. The second-order valence-electron chi connectivity index (χ2n) is 6.20. The van der Waals surface area contributed by atoms with Crippen LogP contribution in [0.25, 0.3) is 11.0 Å². The highest BCUT2D eigenvalue weighted by Crippen LogP contribution is 2.22. The normalized spacial score (nSPS) is 15.6. The molecule has 25 heavy (non-hydrogen) atoms. The van der Waals surface area contributed by atoms with Crippen molar-refractivity contribution in [2.45, 2.75) is 25.3 Å². The lowest BCUT2D eigenvalue weighted by Crippen LogP contribution is -2.41. The van der Waals surface area contributed by atoms with Crippen molar-refractivity contribution in [1.82, 2.24) is 19.4 Å². The van der Waals surface area contributed by atoms with E-state index in [1.165, 1.54) is 0 Å². The van der Waals surface area contributed by atoms with Gasteiger partial charge in [0.2, 0.25) is 5.91 Å². The number of piperidine rings is 1. The third-order valence-corrected chi connectivity index (χ3v) is 5.55. The highest BCUT2D eigenvalue weighted by molar-refractivity contribution is 7.10. The van der Waals surface area contributed by atoms with E-state index in [1.54, 1.807) is 40.6 Å². The number of carbonyl (C=O) groups excluding carboxylic acids is 1. The van der Waals surface area contributed by atoms with Gasteiger partial charge < -0.3 is 4.90 Å². The molecular formula is C18H18N4O2S. The Labute approximate surface area is 148 Å². The number of thiophene rings is 1. The summed E-state index contributed by atoms with van der Waals surface area (Å²) in [5, 5.41) is 2.53. The number of hydrogen-bond donors (Lipinski definition) is 0. The molecular weight excluding hydrogens is 336 g/mol. The van der Waals surface area contributed by atoms with Gasteiger partial charge in [0, 0.05) is 30.2 Å². The fourth-order valence-corrected chi connectivity index (χ4v) is 4.00. The van der Waals surface area contributed by atoms with E-state index in [-0.39, 0.29) is 17.5 Å². The zero-order valence-electron chi connectivity index (χ0n) is 13.7. The number of nitrogens with zero attached hydrogens (tertiary/aromatic N) is 4. The van der Waals surface area contributed by atoms with Crippen LogP contribution in [0, 0.1) is 0 Å². The lowest BCUT2D eigenvalue weighted by atomic mass is 10.0. The van der Waals surface area contributed by atoms with Crippen LogP contribution in [0.1, 0.15) is 23.8 Å². The van der Waals surface area contributed by atoms with Gasteiger partial charge in [-0.2, -0.15) is 0 Å². The zero-order chi connectivity index (χ0) is 17.2. The number of carbonyl (C=O) groups is 1. The van der Waals surface area contributed by atoms with Gasteiger partial charge in [0.05, 0.1) is 11.8 Å². The topological polar surface area (TPSA) is 68.1 Å². The Kier molecular flexibility index (Phi) is 4.31. The van der Waals surface area contributed by atoms with Crippen LogP contribution in [-0.2, 0) is 11.2 Å². The van der Waals surface area contributed by atoms with Crippen LogP contribution in [0.2, 0.25) is 0 Å². The predicted molar refractivity (Wildman–Crippen MR) is 96.7 cm³/mol. The molecule has 4 rings (SSSR count). The average molecular weight is 354 g/mol. The Balaban J connectivity index is 1.46. The molecule has 1 saturated heterocycles. The number of pyridine rings is 1. The first-order valence-corrected chi connectivity index (χ1v) is 9.22. The van der Waals surface area contributed by atoms with Crippen LogP contribution >= 0.6 is 11.3 Å². The Morgan fingerprint density at radius 3 is 2.80 bits per heavy atom. The first-order valence-electron chi connectivity index (χ1n) is 8.34. The number of hydrogen-bond acceptors (Lipinski definition) is 5. The van der Waals surface area contributed by atoms with E-state index >= 15 is 0 Å². The first kappa shape index (κ1) is 16.0. The van der Waals surface area contributed by atoms with Gasteiger partial charge in [0.25, 0.3) is 5.56 Å². The van der Waals surface area contributed by atoms with Crippen molar-refractivity contribution in [2.75, 3.05) is 13.1 Å². The molecule has 6 nitrogen and oxygen atoms in total. The summed E-state index contributed by atoms with van der Waals surface area (Å²) in [6, 6.07) is 7.54. The summed E-state index contributed by atoms with van der Waals surface area (Å²) in [6.07, 6.45) is 5.22. The first-order chi connectivity index (χ1) is 12.2. The van der Waals surface area contributed by atoms with Gasteiger partial charge >= 0.3 is 0 Å². The lowest BCUT2D eigenvalue weighted by molar-refractivity contribution is -0.131. The highest BCUT2D eigenvalue weighted by Gasteiger charge is 2.25. The van der Waals surface area contributed by atoms with Crippen molar-refractivity contribution in [1.29, 1.82) is 0 Å². The van der Waals surface area contributed by atoms with E-state index < -0.39 is 0 Å². The van der Waals surface area contributed by atoms with Crippen LogP contribution in [0.5, 0.6) is 0 Å². The number of aromatic nitrogens is 3. The zero-order valence-corrected chi connectivity index (χ0v) is 14.5. The molecule has 1 aliphatic rings. The van der Waals surface area contributed by atoms with Gasteiger partial charge in [-0.15, -0.1) is 11.3 Å². The number of rotatable bonds is 3. The SMILES string of the molecule is O=C(Cc1cccs1)N1CCC(n2cnc3ncccc3c2=O)CC1. The van der Waals surface area contributed by atoms with E-state index in [4.69, 9.17) is 0 Å². The summed E-state index contributed by atoms with van der Waals surface area (Å²) in [7, 11) is 0. The Morgan fingerprint density at radius 1 is 1.20 bits per heavy atom.